The van der Waals surface area contributed by atoms with E-state index in [0.717, 1.165) is 50.8 Å². The van der Waals surface area contributed by atoms with Gasteiger partial charge in [-0.15, -0.1) is 0 Å². The molecule has 3 nitrogen and oxygen atoms in total. The molecule has 0 saturated carbocycles. The molecule has 1 heterocycles. The number of fused-ring (bicyclic) bond motifs is 1. The molecule has 0 atom stereocenters. The fourth-order valence-corrected chi connectivity index (χ4v) is 2.44. The monoisotopic (exact) mass is 234 g/mol. The van der Waals surface area contributed by atoms with Crippen LogP contribution in [0.4, 0.5) is 0 Å². The first-order valence-electron chi connectivity index (χ1n) is 6.53. The number of Topliss-reactive ketones (excluding diaryl/α,β-unsaturated/α-hetero) is 1. The van der Waals surface area contributed by atoms with Gasteiger partial charge in [-0.25, -0.2) is 0 Å². The summed E-state index contributed by atoms with van der Waals surface area (Å²) in [5, 5.41) is 0. The van der Waals surface area contributed by atoms with Gasteiger partial charge in [0, 0.05) is 30.9 Å². The van der Waals surface area contributed by atoms with Crippen molar-refractivity contribution in [2.24, 2.45) is 0 Å². The van der Waals surface area contributed by atoms with Gasteiger partial charge in [-0.05, 0) is 51.9 Å². The smallest absolute Gasteiger partial charge is 0.164 e. The van der Waals surface area contributed by atoms with E-state index in [9.17, 15) is 4.79 Å². The molecule has 1 aromatic rings. The Morgan fingerprint density at radius 1 is 1.24 bits per heavy atom. The van der Waals surface area contributed by atoms with Crippen molar-refractivity contribution in [1.29, 1.82) is 0 Å². The molecule has 2 rings (SSSR count). The van der Waals surface area contributed by atoms with Gasteiger partial charge in [-0.3, -0.25) is 4.79 Å². The molecule has 0 N–H and O–H groups in total. The third kappa shape index (κ3) is 3.19. The summed E-state index contributed by atoms with van der Waals surface area (Å²) in [4.78, 5) is 14.1. The van der Waals surface area contributed by atoms with Crippen LogP contribution in [0.3, 0.4) is 0 Å². The van der Waals surface area contributed by atoms with Crippen molar-refractivity contribution < 1.29 is 4.79 Å². The minimum atomic E-state index is 0.337. The summed E-state index contributed by atoms with van der Waals surface area (Å²) in [6.07, 6.45) is 9.37. The third-order valence-electron chi connectivity index (χ3n) is 3.38. The van der Waals surface area contributed by atoms with Crippen LogP contribution >= 0.6 is 0 Å². The van der Waals surface area contributed by atoms with E-state index < -0.39 is 0 Å². The normalized spacial score (nSPS) is 16.1. The number of nitrogens with zero attached hydrogens (tertiary/aromatic N) is 2. The molecule has 0 fully saturated rings. The first-order valence-corrected chi connectivity index (χ1v) is 6.53. The molecule has 17 heavy (non-hydrogen) atoms. The highest BCUT2D eigenvalue weighted by Crippen LogP contribution is 2.21. The number of hydrogen-bond donors (Lipinski definition) is 0. The Morgan fingerprint density at radius 2 is 2.00 bits per heavy atom. The number of aromatic nitrogens is 1. The molecule has 94 valence electrons. The highest BCUT2D eigenvalue weighted by atomic mass is 16.1. The van der Waals surface area contributed by atoms with Crippen molar-refractivity contribution in [3.05, 3.63) is 23.5 Å². The maximum atomic E-state index is 11.9. The van der Waals surface area contributed by atoms with Crippen molar-refractivity contribution in [2.45, 2.75) is 38.6 Å². The van der Waals surface area contributed by atoms with E-state index >= 15 is 0 Å². The number of carbonyl (C=O) groups is 1. The number of ketones is 1. The Balaban J connectivity index is 2.01. The number of aryl methyl sites for hydroxylation is 2. The van der Waals surface area contributed by atoms with Crippen molar-refractivity contribution in [1.82, 2.24) is 9.47 Å². The van der Waals surface area contributed by atoms with Crippen molar-refractivity contribution in [3.63, 3.8) is 0 Å². The summed E-state index contributed by atoms with van der Waals surface area (Å²) >= 11 is 0. The first-order chi connectivity index (χ1) is 8.16. The minimum Gasteiger partial charge on any atom is -0.353 e. The molecule has 1 aromatic heterocycles. The summed E-state index contributed by atoms with van der Waals surface area (Å²) in [6, 6.07) is 0. The standard InChI is InChI=1S/C14H22N2O/c1-15(2)8-5-9-16-10-12-6-3-4-7-14(17)13(12)11-16/h10-11H,3-9H2,1-2H3. The molecular weight excluding hydrogens is 212 g/mol. The molecule has 0 radical (unpaired) electrons. The summed E-state index contributed by atoms with van der Waals surface area (Å²) in [7, 11) is 4.18. The third-order valence-corrected chi connectivity index (χ3v) is 3.38. The average molecular weight is 234 g/mol. The molecule has 0 aromatic carbocycles. The lowest BCUT2D eigenvalue weighted by Gasteiger charge is -2.09. The van der Waals surface area contributed by atoms with Crippen molar-refractivity contribution in [2.75, 3.05) is 20.6 Å². The predicted molar refractivity (Wildman–Crippen MR) is 69.5 cm³/mol. The number of carbonyl (C=O) groups excluding carboxylic acids is 1. The lowest BCUT2D eigenvalue weighted by atomic mass is 10.1. The van der Waals surface area contributed by atoms with Crippen molar-refractivity contribution >= 4 is 5.78 Å². The highest BCUT2D eigenvalue weighted by Gasteiger charge is 2.17. The number of rotatable bonds is 4. The van der Waals surface area contributed by atoms with Gasteiger partial charge in [0.05, 0.1) is 0 Å². The summed E-state index contributed by atoms with van der Waals surface area (Å²) in [6.45, 7) is 2.11. The Kier molecular flexibility index (Phi) is 4.00. The molecule has 3 heteroatoms. The maximum Gasteiger partial charge on any atom is 0.164 e. The van der Waals surface area contributed by atoms with E-state index in [1.54, 1.807) is 0 Å². The largest absolute Gasteiger partial charge is 0.353 e. The zero-order valence-corrected chi connectivity index (χ0v) is 10.9. The topological polar surface area (TPSA) is 25.2 Å². The van der Waals surface area contributed by atoms with E-state index in [1.165, 1.54) is 5.56 Å². The predicted octanol–water partition coefficient (Wildman–Crippen LogP) is 2.35. The fraction of sp³-hybridized carbons (Fsp3) is 0.643. The molecule has 0 unspecified atom stereocenters. The Hall–Kier alpha value is -1.09. The molecule has 0 spiro atoms. The van der Waals surface area contributed by atoms with Crippen molar-refractivity contribution in [3.8, 4) is 0 Å². The quantitative estimate of drug-likeness (QED) is 0.747. The Labute approximate surface area is 103 Å². The van der Waals surface area contributed by atoms with E-state index in [-0.39, 0.29) is 0 Å². The van der Waals surface area contributed by atoms with Gasteiger partial charge in [-0.1, -0.05) is 0 Å². The van der Waals surface area contributed by atoms with Crippen LogP contribution in [0.1, 0.15) is 41.6 Å². The number of hydrogen-bond acceptors (Lipinski definition) is 2. The van der Waals surface area contributed by atoms with Gasteiger partial charge in [0.25, 0.3) is 0 Å². The van der Waals surface area contributed by atoms with E-state index in [2.05, 4.69) is 36.0 Å². The zero-order chi connectivity index (χ0) is 12.3. The van der Waals surface area contributed by atoms with E-state index in [4.69, 9.17) is 0 Å². The summed E-state index contributed by atoms with van der Waals surface area (Å²) in [5.74, 6) is 0.337. The van der Waals surface area contributed by atoms with Gasteiger partial charge in [-0.2, -0.15) is 0 Å². The molecular formula is C14H22N2O. The molecule has 0 saturated heterocycles. The van der Waals surface area contributed by atoms with Gasteiger partial charge in [0.15, 0.2) is 5.78 Å². The molecule has 0 aliphatic heterocycles. The van der Waals surface area contributed by atoms with Crippen LogP contribution in [-0.4, -0.2) is 35.9 Å². The maximum absolute atomic E-state index is 11.9. The summed E-state index contributed by atoms with van der Waals surface area (Å²) in [5.41, 5.74) is 2.24. The molecule has 0 amide bonds. The summed E-state index contributed by atoms with van der Waals surface area (Å²) < 4.78 is 2.19. The first kappa shape index (κ1) is 12.4. The van der Waals surface area contributed by atoms with Crippen LogP contribution in [-0.2, 0) is 13.0 Å². The Morgan fingerprint density at radius 3 is 2.76 bits per heavy atom. The van der Waals surface area contributed by atoms with Crippen LogP contribution in [0.2, 0.25) is 0 Å². The van der Waals surface area contributed by atoms with Crippen LogP contribution < -0.4 is 0 Å². The van der Waals surface area contributed by atoms with Crippen LogP contribution in [0, 0.1) is 0 Å². The van der Waals surface area contributed by atoms with Gasteiger partial charge in [0.1, 0.15) is 0 Å². The second kappa shape index (κ2) is 5.50. The second-order valence-electron chi connectivity index (χ2n) is 5.22. The van der Waals surface area contributed by atoms with E-state index in [1.807, 2.05) is 0 Å². The highest BCUT2D eigenvalue weighted by molar-refractivity contribution is 5.97. The molecule has 1 aliphatic rings. The Bertz CT molecular complexity index is 393. The van der Waals surface area contributed by atoms with Crippen LogP contribution in [0.25, 0.3) is 0 Å². The zero-order valence-electron chi connectivity index (χ0n) is 10.9. The van der Waals surface area contributed by atoms with Crippen LogP contribution in [0.15, 0.2) is 12.4 Å². The van der Waals surface area contributed by atoms with Gasteiger partial charge in [0.2, 0.25) is 0 Å². The van der Waals surface area contributed by atoms with E-state index in [0.29, 0.717) is 5.78 Å². The fourth-order valence-electron chi connectivity index (χ4n) is 2.44. The van der Waals surface area contributed by atoms with Gasteiger partial charge < -0.3 is 9.47 Å². The molecule has 0 bridgehead atoms. The SMILES string of the molecule is CN(C)CCCn1cc2c(c1)C(=O)CCCC2. The lowest BCUT2D eigenvalue weighted by molar-refractivity contribution is 0.0982. The van der Waals surface area contributed by atoms with Crippen LogP contribution in [0.5, 0.6) is 0 Å². The minimum absolute atomic E-state index is 0.337. The average Bonchev–Trinajstić information content (AvgIpc) is 2.60. The second-order valence-corrected chi connectivity index (χ2v) is 5.22. The lowest BCUT2D eigenvalue weighted by Crippen LogP contribution is -2.14. The van der Waals surface area contributed by atoms with Gasteiger partial charge >= 0.3 is 0 Å². The molecule has 1 aliphatic carbocycles.